The Morgan fingerprint density at radius 3 is 2.86 bits per heavy atom. The number of aryl methyl sites for hydroxylation is 1. The second-order valence-electron chi connectivity index (χ2n) is 7.83. The topological polar surface area (TPSA) is 54.7 Å². The number of nitrogens with zero attached hydrogens (tertiary/aromatic N) is 1. The molecule has 5 nitrogen and oxygen atoms in total. The summed E-state index contributed by atoms with van der Waals surface area (Å²) < 4.78 is 11.1. The number of hydrogen-bond acceptors (Lipinski definition) is 4. The molecule has 4 rings (SSSR count). The first-order chi connectivity index (χ1) is 14.1. The third-order valence-electron chi connectivity index (χ3n) is 5.70. The van der Waals surface area contributed by atoms with E-state index in [1.54, 1.807) is 7.11 Å². The molecule has 0 radical (unpaired) electrons. The summed E-state index contributed by atoms with van der Waals surface area (Å²) in [5.74, 6) is 1.75. The Morgan fingerprint density at radius 2 is 2.07 bits per heavy atom. The first kappa shape index (κ1) is 19.5. The number of carbonyl (C=O) groups excluding carboxylic acids is 1. The van der Waals surface area contributed by atoms with E-state index in [1.165, 1.54) is 5.56 Å². The van der Waals surface area contributed by atoms with E-state index in [0.717, 1.165) is 43.6 Å². The van der Waals surface area contributed by atoms with Crippen molar-refractivity contribution in [2.45, 2.75) is 26.3 Å². The van der Waals surface area contributed by atoms with Crippen LogP contribution in [0.2, 0.25) is 0 Å². The lowest BCUT2D eigenvalue weighted by Crippen LogP contribution is -2.40. The van der Waals surface area contributed by atoms with Crippen molar-refractivity contribution in [2.75, 3.05) is 26.7 Å². The van der Waals surface area contributed by atoms with Gasteiger partial charge < -0.3 is 14.5 Å². The minimum atomic E-state index is -0.0744. The number of benzene rings is 2. The predicted octanol–water partition coefficient (Wildman–Crippen LogP) is 4.39. The molecule has 1 aliphatic rings. The van der Waals surface area contributed by atoms with E-state index in [2.05, 4.69) is 40.5 Å². The van der Waals surface area contributed by atoms with Gasteiger partial charge in [0.2, 0.25) is 0 Å². The Bertz CT molecular complexity index is 980. The van der Waals surface area contributed by atoms with Crippen molar-refractivity contribution in [3.63, 3.8) is 0 Å². The average Bonchev–Trinajstić information content (AvgIpc) is 3.08. The predicted molar refractivity (Wildman–Crippen MR) is 114 cm³/mol. The fraction of sp³-hybridized carbons (Fsp3) is 0.375. The van der Waals surface area contributed by atoms with Crippen LogP contribution in [-0.2, 0) is 6.54 Å². The Hall–Kier alpha value is -2.79. The van der Waals surface area contributed by atoms with Gasteiger partial charge in [0.25, 0.3) is 5.91 Å². The van der Waals surface area contributed by atoms with Gasteiger partial charge in [0, 0.05) is 25.0 Å². The first-order valence-corrected chi connectivity index (χ1v) is 10.3. The third kappa shape index (κ3) is 4.46. The maximum Gasteiger partial charge on any atom is 0.255 e. The molecule has 1 aromatic heterocycles. The molecule has 1 amide bonds. The summed E-state index contributed by atoms with van der Waals surface area (Å²) in [6.07, 6.45) is 2.31. The SMILES string of the molecule is COc1ccc2oc(C)c(C(=O)NC[C@H]3CCCN(Cc4ccccc4)C3)c2c1. The number of rotatable bonds is 6. The largest absolute Gasteiger partial charge is 0.497 e. The molecule has 1 N–H and O–H groups in total. The van der Waals surface area contributed by atoms with Crippen LogP contribution in [-0.4, -0.2) is 37.6 Å². The normalized spacial score (nSPS) is 17.4. The summed E-state index contributed by atoms with van der Waals surface area (Å²) in [4.78, 5) is 15.4. The quantitative estimate of drug-likeness (QED) is 0.676. The molecule has 0 aliphatic carbocycles. The smallest absolute Gasteiger partial charge is 0.255 e. The standard InChI is InChI=1S/C24H28N2O3/c1-17-23(21-13-20(28-2)10-11-22(21)29-17)24(27)25-14-19-9-6-12-26(16-19)15-18-7-4-3-5-8-18/h3-5,7-8,10-11,13,19H,6,9,12,14-16H2,1-2H3,(H,25,27)/t19-/m1/s1. The lowest BCUT2D eigenvalue weighted by molar-refractivity contribution is 0.0930. The molecule has 2 aromatic carbocycles. The van der Waals surface area contributed by atoms with E-state index in [0.29, 0.717) is 29.4 Å². The molecule has 29 heavy (non-hydrogen) atoms. The van der Waals surface area contributed by atoms with Crippen molar-refractivity contribution in [3.8, 4) is 5.75 Å². The zero-order valence-corrected chi connectivity index (χ0v) is 17.1. The van der Waals surface area contributed by atoms with E-state index >= 15 is 0 Å². The highest BCUT2D eigenvalue weighted by Gasteiger charge is 2.23. The molecule has 1 aliphatic heterocycles. The fourth-order valence-corrected chi connectivity index (χ4v) is 4.24. The summed E-state index contributed by atoms with van der Waals surface area (Å²) in [6.45, 7) is 5.61. The number of ether oxygens (including phenoxy) is 1. The van der Waals surface area contributed by atoms with Crippen molar-refractivity contribution in [2.24, 2.45) is 5.92 Å². The van der Waals surface area contributed by atoms with Crippen LogP contribution in [0, 0.1) is 12.8 Å². The highest BCUT2D eigenvalue weighted by molar-refractivity contribution is 6.07. The summed E-state index contributed by atoms with van der Waals surface area (Å²) in [6, 6.07) is 16.1. The molecule has 1 atom stereocenters. The van der Waals surface area contributed by atoms with Gasteiger partial charge in [-0.25, -0.2) is 0 Å². The number of amides is 1. The van der Waals surface area contributed by atoms with Crippen molar-refractivity contribution in [1.29, 1.82) is 0 Å². The van der Waals surface area contributed by atoms with Gasteiger partial charge in [-0.3, -0.25) is 9.69 Å². The molecule has 1 saturated heterocycles. The molecule has 2 heterocycles. The lowest BCUT2D eigenvalue weighted by Gasteiger charge is -2.32. The zero-order valence-electron chi connectivity index (χ0n) is 17.1. The summed E-state index contributed by atoms with van der Waals surface area (Å²) in [5, 5.41) is 3.94. The second-order valence-corrected chi connectivity index (χ2v) is 7.83. The van der Waals surface area contributed by atoms with Gasteiger partial charge in [-0.1, -0.05) is 30.3 Å². The van der Waals surface area contributed by atoms with Crippen LogP contribution in [0.15, 0.2) is 52.9 Å². The number of nitrogens with one attached hydrogen (secondary N) is 1. The fourth-order valence-electron chi connectivity index (χ4n) is 4.24. The summed E-state index contributed by atoms with van der Waals surface area (Å²) in [5.41, 5.74) is 2.66. The minimum Gasteiger partial charge on any atom is -0.497 e. The third-order valence-corrected chi connectivity index (χ3v) is 5.70. The highest BCUT2D eigenvalue weighted by Crippen LogP contribution is 2.29. The van der Waals surface area contributed by atoms with E-state index in [-0.39, 0.29) is 5.91 Å². The molecule has 0 spiro atoms. The van der Waals surface area contributed by atoms with Crippen LogP contribution >= 0.6 is 0 Å². The van der Waals surface area contributed by atoms with Crippen LogP contribution < -0.4 is 10.1 Å². The first-order valence-electron chi connectivity index (χ1n) is 10.3. The highest BCUT2D eigenvalue weighted by atomic mass is 16.5. The number of carbonyl (C=O) groups is 1. The van der Waals surface area contributed by atoms with Crippen LogP contribution in [0.1, 0.15) is 34.5 Å². The van der Waals surface area contributed by atoms with Gasteiger partial charge in [-0.2, -0.15) is 0 Å². The Labute approximate surface area is 171 Å². The van der Waals surface area contributed by atoms with Crippen LogP contribution in [0.25, 0.3) is 11.0 Å². The molecular formula is C24H28N2O3. The number of fused-ring (bicyclic) bond motifs is 1. The Morgan fingerprint density at radius 1 is 1.24 bits per heavy atom. The van der Waals surface area contributed by atoms with Crippen molar-refractivity contribution < 1.29 is 13.9 Å². The van der Waals surface area contributed by atoms with Gasteiger partial charge >= 0.3 is 0 Å². The van der Waals surface area contributed by atoms with E-state index in [1.807, 2.05) is 25.1 Å². The number of methoxy groups -OCH3 is 1. The second kappa shape index (κ2) is 8.70. The number of likely N-dealkylation sites (tertiary alicyclic amines) is 1. The molecular weight excluding hydrogens is 364 g/mol. The van der Waals surface area contributed by atoms with E-state index in [9.17, 15) is 4.79 Å². The zero-order chi connectivity index (χ0) is 20.2. The van der Waals surface area contributed by atoms with Crippen LogP contribution in [0.5, 0.6) is 5.75 Å². The average molecular weight is 392 g/mol. The molecule has 0 saturated carbocycles. The van der Waals surface area contributed by atoms with E-state index in [4.69, 9.17) is 9.15 Å². The summed E-state index contributed by atoms with van der Waals surface area (Å²) in [7, 11) is 1.62. The number of furan rings is 1. The molecule has 152 valence electrons. The number of piperidine rings is 1. The van der Waals surface area contributed by atoms with Gasteiger partial charge in [-0.05, 0) is 56.0 Å². The van der Waals surface area contributed by atoms with Crippen LogP contribution in [0.3, 0.4) is 0 Å². The molecule has 0 unspecified atom stereocenters. The maximum absolute atomic E-state index is 12.9. The van der Waals surface area contributed by atoms with Gasteiger partial charge in [0.15, 0.2) is 0 Å². The van der Waals surface area contributed by atoms with Gasteiger partial charge in [0.05, 0.1) is 12.7 Å². The lowest BCUT2D eigenvalue weighted by atomic mass is 9.97. The minimum absolute atomic E-state index is 0.0744. The molecule has 3 aromatic rings. The van der Waals surface area contributed by atoms with Crippen molar-refractivity contribution >= 4 is 16.9 Å². The monoisotopic (exact) mass is 392 g/mol. The molecule has 0 bridgehead atoms. The van der Waals surface area contributed by atoms with Crippen LogP contribution in [0.4, 0.5) is 0 Å². The van der Waals surface area contributed by atoms with Crippen molar-refractivity contribution in [1.82, 2.24) is 10.2 Å². The van der Waals surface area contributed by atoms with Gasteiger partial charge in [-0.15, -0.1) is 0 Å². The number of hydrogen-bond donors (Lipinski definition) is 1. The maximum atomic E-state index is 12.9. The Kier molecular flexibility index (Phi) is 5.86. The summed E-state index contributed by atoms with van der Waals surface area (Å²) >= 11 is 0. The van der Waals surface area contributed by atoms with E-state index < -0.39 is 0 Å². The Balaban J connectivity index is 1.39. The van der Waals surface area contributed by atoms with Crippen molar-refractivity contribution in [3.05, 3.63) is 65.4 Å². The van der Waals surface area contributed by atoms with Gasteiger partial charge in [0.1, 0.15) is 17.1 Å². The molecule has 5 heteroatoms. The molecule has 1 fully saturated rings.